The Kier molecular flexibility index (Phi) is 6.46. The Morgan fingerprint density at radius 2 is 1.56 bits per heavy atom. The Morgan fingerprint density at radius 3 is 2.25 bits per heavy atom. The maximum absolute atomic E-state index is 12.0. The molecule has 4 rings (SSSR count). The second kappa shape index (κ2) is 9.78. The summed E-state index contributed by atoms with van der Waals surface area (Å²) in [4.78, 5) is 16.5. The lowest BCUT2D eigenvalue weighted by Crippen LogP contribution is -2.28. The van der Waals surface area contributed by atoms with Crippen LogP contribution in [0.2, 0.25) is 0 Å². The quantitative estimate of drug-likeness (QED) is 0.446. The van der Waals surface area contributed by atoms with Gasteiger partial charge in [-0.3, -0.25) is 4.79 Å². The summed E-state index contributed by atoms with van der Waals surface area (Å²) in [6.07, 6.45) is 0. The van der Waals surface area contributed by atoms with Gasteiger partial charge in [0.2, 0.25) is 5.82 Å². The predicted octanol–water partition coefficient (Wildman–Crippen LogP) is 4.42. The number of amides is 1. The van der Waals surface area contributed by atoms with Crippen LogP contribution in [0.25, 0.3) is 22.8 Å². The molecule has 0 aliphatic heterocycles. The molecule has 0 aliphatic carbocycles. The number of rotatable bonds is 8. The van der Waals surface area contributed by atoms with Crippen LogP contribution in [0.15, 0.2) is 77.3 Å². The fourth-order valence-corrected chi connectivity index (χ4v) is 3.00. The summed E-state index contributed by atoms with van der Waals surface area (Å²) in [5, 5.41) is 6.89. The summed E-state index contributed by atoms with van der Waals surface area (Å²) in [5.41, 5.74) is 3.82. The molecule has 1 aromatic heterocycles. The van der Waals surface area contributed by atoms with Crippen molar-refractivity contribution in [1.82, 2.24) is 15.5 Å². The van der Waals surface area contributed by atoms with E-state index in [9.17, 15) is 4.79 Å². The molecule has 1 amide bonds. The van der Waals surface area contributed by atoms with Crippen molar-refractivity contribution in [3.05, 3.63) is 83.9 Å². The largest absolute Gasteiger partial charge is 0.497 e. The molecule has 0 saturated carbocycles. The molecule has 32 heavy (non-hydrogen) atoms. The molecule has 162 valence electrons. The Balaban J connectivity index is 1.30. The lowest BCUT2D eigenvalue weighted by atomic mass is 10.1. The molecule has 0 aliphatic rings. The molecule has 1 N–H and O–H groups in total. The Labute approximate surface area is 186 Å². The van der Waals surface area contributed by atoms with Crippen LogP contribution in [0.4, 0.5) is 0 Å². The predicted molar refractivity (Wildman–Crippen MR) is 120 cm³/mol. The second-order valence-corrected chi connectivity index (χ2v) is 7.23. The van der Waals surface area contributed by atoms with Crippen molar-refractivity contribution in [2.75, 3.05) is 13.7 Å². The highest BCUT2D eigenvalue weighted by molar-refractivity contribution is 5.77. The number of ether oxygens (including phenoxy) is 2. The van der Waals surface area contributed by atoms with Crippen molar-refractivity contribution in [1.29, 1.82) is 0 Å². The number of aryl methyl sites for hydroxylation is 1. The molecule has 3 aromatic carbocycles. The Hall–Kier alpha value is -4.13. The third kappa shape index (κ3) is 5.31. The number of nitrogens with one attached hydrogen (secondary N) is 1. The van der Waals surface area contributed by atoms with E-state index in [1.165, 1.54) is 5.56 Å². The molecule has 4 aromatic rings. The van der Waals surface area contributed by atoms with Gasteiger partial charge in [-0.25, -0.2) is 0 Å². The van der Waals surface area contributed by atoms with Crippen LogP contribution >= 0.6 is 0 Å². The smallest absolute Gasteiger partial charge is 0.258 e. The maximum Gasteiger partial charge on any atom is 0.258 e. The van der Waals surface area contributed by atoms with Crippen LogP contribution in [-0.2, 0) is 11.3 Å². The summed E-state index contributed by atoms with van der Waals surface area (Å²) in [5.74, 6) is 2.05. The van der Waals surface area contributed by atoms with E-state index in [4.69, 9.17) is 14.0 Å². The summed E-state index contributed by atoms with van der Waals surface area (Å²) in [6, 6.07) is 22.6. The van der Waals surface area contributed by atoms with Crippen LogP contribution in [0, 0.1) is 6.92 Å². The fourth-order valence-electron chi connectivity index (χ4n) is 3.00. The van der Waals surface area contributed by atoms with Gasteiger partial charge in [-0.15, -0.1) is 0 Å². The van der Waals surface area contributed by atoms with Crippen molar-refractivity contribution in [3.8, 4) is 34.3 Å². The van der Waals surface area contributed by atoms with Gasteiger partial charge in [0.05, 0.1) is 7.11 Å². The molecule has 1 heterocycles. The van der Waals surface area contributed by atoms with Crippen molar-refractivity contribution >= 4 is 5.91 Å². The highest BCUT2D eigenvalue weighted by Gasteiger charge is 2.11. The van der Waals surface area contributed by atoms with Gasteiger partial charge in [-0.05, 0) is 61.0 Å². The average Bonchev–Trinajstić information content (AvgIpc) is 3.33. The van der Waals surface area contributed by atoms with Crippen LogP contribution in [0.5, 0.6) is 11.5 Å². The van der Waals surface area contributed by atoms with Gasteiger partial charge in [0, 0.05) is 17.7 Å². The van der Waals surface area contributed by atoms with E-state index in [2.05, 4.69) is 15.5 Å². The number of hydrogen-bond acceptors (Lipinski definition) is 6. The molecule has 7 heteroatoms. The van der Waals surface area contributed by atoms with Gasteiger partial charge in [-0.1, -0.05) is 35.0 Å². The topological polar surface area (TPSA) is 86.5 Å². The van der Waals surface area contributed by atoms with Crippen LogP contribution in [-0.4, -0.2) is 29.8 Å². The number of benzene rings is 3. The minimum Gasteiger partial charge on any atom is -0.497 e. The Morgan fingerprint density at radius 1 is 0.906 bits per heavy atom. The van der Waals surface area contributed by atoms with E-state index in [0.29, 0.717) is 24.0 Å². The molecule has 0 bridgehead atoms. The monoisotopic (exact) mass is 429 g/mol. The third-order valence-corrected chi connectivity index (χ3v) is 4.86. The number of carbonyl (C=O) groups is 1. The van der Waals surface area contributed by atoms with E-state index >= 15 is 0 Å². The molecule has 0 saturated heterocycles. The summed E-state index contributed by atoms with van der Waals surface area (Å²) in [6.45, 7) is 2.43. The number of carbonyl (C=O) groups excluding carboxylic acids is 1. The molecule has 0 spiro atoms. The highest BCUT2D eigenvalue weighted by Crippen LogP contribution is 2.25. The summed E-state index contributed by atoms with van der Waals surface area (Å²) >= 11 is 0. The first kappa shape index (κ1) is 21.1. The van der Waals surface area contributed by atoms with E-state index < -0.39 is 0 Å². The molecule has 0 unspecified atom stereocenters. The number of nitrogens with zero attached hydrogens (tertiary/aromatic N) is 2. The van der Waals surface area contributed by atoms with E-state index in [1.54, 1.807) is 19.2 Å². The zero-order valence-electron chi connectivity index (χ0n) is 17.9. The summed E-state index contributed by atoms with van der Waals surface area (Å²) < 4.78 is 16.1. The van der Waals surface area contributed by atoms with Crippen molar-refractivity contribution in [2.45, 2.75) is 13.5 Å². The number of aromatic nitrogens is 2. The van der Waals surface area contributed by atoms with Crippen LogP contribution < -0.4 is 14.8 Å². The maximum atomic E-state index is 12.0. The zero-order valence-corrected chi connectivity index (χ0v) is 17.9. The lowest BCUT2D eigenvalue weighted by molar-refractivity contribution is -0.123. The zero-order chi connectivity index (χ0) is 22.3. The first-order chi connectivity index (χ1) is 15.6. The fraction of sp³-hybridized carbons (Fsp3) is 0.160. The highest BCUT2D eigenvalue weighted by atomic mass is 16.5. The normalized spacial score (nSPS) is 10.6. The van der Waals surface area contributed by atoms with Crippen molar-refractivity contribution in [2.24, 2.45) is 0 Å². The lowest BCUT2D eigenvalue weighted by Gasteiger charge is -2.08. The number of hydrogen-bond donors (Lipinski definition) is 1. The van der Waals surface area contributed by atoms with Gasteiger partial charge < -0.3 is 19.3 Å². The molecule has 7 nitrogen and oxygen atoms in total. The van der Waals surface area contributed by atoms with Gasteiger partial charge in [0.25, 0.3) is 11.8 Å². The second-order valence-electron chi connectivity index (χ2n) is 7.23. The van der Waals surface area contributed by atoms with Crippen LogP contribution in [0.1, 0.15) is 11.1 Å². The average molecular weight is 429 g/mol. The minimum absolute atomic E-state index is 0.0621. The van der Waals surface area contributed by atoms with Gasteiger partial charge in [0.1, 0.15) is 11.5 Å². The van der Waals surface area contributed by atoms with E-state index in [1.807, 2.05) is 67.6 Å². The molecular formula is C25H23N3O4. The van der Waals surface area contributed by atoms with Crippen molar-refractivity contribution < 1.29 is 18.8 Å². The van der Waals surface area contributed by atoms with Gasteiger partial charge in [-0.2, -0.15) is 4.98 Å². The molecule has 0 fully saturated rings. The Bertz CT molecular complexity index is 1170. The molecule has 0 radical (unpaired) electrons. The SMILES string of the molecule is COc1ccc(-c2noc(-c3ccc(OCC(=O)NCc4ccc(C)cc4)cc3)n2)cc1. The van der Waals surface area contributed by atoms with E-state index in [0.717, 1.165) is 22.4 Å². The van der Waals surface area contributed by atoms with Crippen LogP contribution in [0.3, 0.4) is 0 Å². The third-order valence-electron chi connectivity index (χ3n) is 4.86. The molecular weight excluding hydrogens is 406 g/mol. The molecule has 0 atom stereocenters. The standard InChI is InChI=1S/C25H23N3O4/c1-17-3-5-18(6-4-17)15-26-23(29)16-31-22-13-9-20(10-14-22)25-27-24(28-32-25)19-7-11-21(30-2)12-8-19/h3-14H,15-16H2,1-2H3,(H,26,29). The first-order valence-electron chi connectivity index (χ1n) is 10.1. The number of methoxy groups -OCH3 is 1. The van der Waals surface area contributed by atoms with Gasteiger partial charge in [0.15, 0.2) is 6.61 Å². The first-order valence-corrected chi connectivity index (χ1v) is 10.1. The van der Waals surface area contributed by atoms with Gasteiger partial charge >= 0.3 is 0 Å². The minimum atomic E-state index is -0.185. The van der Waals surface area contributed by atoms with Crippen molar-refractivity contribution in [3.63, 3.8) is 0 Å². The van der Waals surface area contributed by atoms with E-state index in [-0.39, 0.29) is 12.5 Å². The summed E-state index contributed by atoms with van der Waals surface area (Å²) in [7, 11) is 1.62.